The zero-order valence-electron chi connectivity index (χ0n) is 12.2. The first kappa shape index (κ1) is 13.1. The van der Waals surface area contributed by atoms with Crippen molar-refractivity contribution in [3.05, 3.63) is 54.7 Å². The third-order valence-electron chi connectivity index (χ3n) is 4.36. The van der Waals surface area contributed by atoms with Crippen molar-refractivity contribution in [2.45, 2.75) is 18.9 Å². The molecule has 1 fully saturated rings. The largest absolute Gasteiger partial charge is 0.459 e. The Balaban J connectivity index is 1.49. The molecule has 1 aliphatic heterocycles. The van der Waals surface area contributed by atoms with Crippen molar-refractivity contribution < 1.29 is 9.21 Å². The normalized spacial score (nSPS) is 16.3. The number of aromatic nitrogens is 2. The number of benzene rings is 1. The van der Waals surface area contributed by atoms with Crippen LogP contribution in [0.2, 0.25) is 0 Å². The average molecular weight is 295 g/mol. The molecule has 1 saturated heterocycles. The minimum Gasteiger partial charge on any atom is -0.459 e. The zero-order chi connectivity index (χ0) is 14.9. The highest BCUT2D eigenvalue weighted by Gasteiger charge is 2.26. The summed E-state index contributed by atoms with van der Waals surface area (Å²) in [6.45, 7) is 1.49. The van der Waals surface area contributed by atoms with Crippen LogP contribution in [-0.4, -0.2) is 33.4 Å². The first-order chi connectivity index (χ1) is 10.8. The lowest BCUT2D eigenvalue weighted by Gasteiger charge is -2.32. The number of hydrogen-bond acceptors (Lipinski definition) is 3. The van der Waals surface area contributed by atoms with Gasteiger partial charge in [-0.15, -0.1) is 0 Å². The molecule has 3 heterocycles. The van der Waals surface area contributed by atoms with E-state index in [4.69, 9.17) is 4.42 Å². The SMILES string of the molecule is O=C(c1ccco1)N1CCC(n2cnc3ccccc32)CC1. The summed E-state index contributed by atoms with van der Waals surface area (Å²) in [5.41, 5.74) is 2.19. The van der Waals surface area contributed by atoms with E-state index in [9.17, 15) is 4.79 Å². The number of carbonyl (C=O) groups excluding carboxylic acids is 1. The van der Waals surface area contributed by atoms with E-state index in [1.54, 1.807) is 12.1 Å². The summed E-state index contributed by atoms with van der Waals surface area (Å²) < 4.78 is 7.44. The average Bonchev–Trinajstić information content (AvgIpc) is 3.24. The lowest BCUT2D eigenvalue weighted by atomic mass is 10.0. The third kappa shape index (κ3) is 2.19. The second-order valence-corrected chi connectivity index (χ2v) is 5.64. The molecule has 1 aliphatic rings. The standard InChI is InChI=1S/C17H17N3O2/c21-17(16-6-3-11-22-16)19-9-7-13(8-10-19)20-12-18-14-4-1-2-5-15(14)20/h1-6,11-13H,7-10H2. The van der Waals surface area contributed by atoms with Crippen molar-refractivity contribution >= 4 is 16.9 Å². The highest BCUT2D eigenvalue weighted by atomic mass is 16.3. The van der Waals surface area contributed by atoms with Crippen LogP contribution in [0.25, 0.3) is 11.0 Å². The lowest BCUT2D eigenvalue weighted by Crippen LogP contribution is -2.38. The maximum atomic E-state index is 12.3. The highest BCUT2D eigenvalue weighted by molar-refractivity contribution is 5.91. The van der Waals surface area contributed by atoms with Crippen LogP contribution in [0, 0.1) is 0 Å². The van der Waals surface area contributed by atoms with E-state index in [0.29, 0.717) is 11.8 Å². The Morgan fingerprint density at radius 3 is 2.73 bits per heavy atom. The van der Waals surface area contributed by atoms with Gasteiger partial charge in [-0.2, -0.15) is 0 Å². The smallest absolute Gasteiger partial charge is 0.289 e. The number of rotatable bonds is 2. The van der Waals surface area contributed by atoms with E-state index in [1.165, 1.54) is 11.8 Å². The Morgan fingerprint density at radius 2 is 1.95 bits per heavy atom. The van der Waals surface area contributed by atoms with Crippen LogP contribution < -0.4 is 0 Å². The van der Waals surface area contributed by atoms with Crippen LogP contribution in [0.5, 0.6) is 0 Å². The van der Waals surface area contributed by atoms with E-state index in [2.05, 4.69) is 15.6 Å². The number of fused-ring (bicyclic) bond motifs is 1. The number of para-hydroxylation sites is 2. The number of nitrogens with zero attached hydrogens (tertiary/aromatic N) is 3. The summed E-state index contributed by atoms with van der Waals surface area (Å²) in [6.07, 6.45) is 5.33. The molecule has 3 aromatic rings. The van der Waals surface area contributed by atoms with Crippen LogP contribution in [0.3, 0.4) is 0 Å². The summed E-state index contributed by atoms with van der Waals surface area (Å²) in [4.78, 5) is 18.6. The first-order valence-corrected chi connectivity index (χ1v) is 7.57. The van der Waals surface area contributed by atoms with E-state index >= 15 is 0 Å². The maximum absolute atomic E-state index is 12.3. The Labute approximate surface area is 128 Å². The molecule has 112 valence electrons. The molecular formula is C17H17N3O2. The Morgan fingerprint density at radius 1 is 1.14 bits per heavy atom. The molecule has 2 aromatic heterocycles. The topological polar surface area (TPSA) is 51.3 Å². The number of imidazole rings is 1. The van der Waals surface area contributed by atoms with Crippen LogP contribution in [0.15, 0.2) is 53.4 Å². The molecule has 0 N–H and O–H groups in total. The predicted octanol–water partition coefficient (Wildman–Crippen LogP) is 3.11. The van der Waals surface area contributed by atoms with Crippen LogP contribution in [0.1, 0.15) is 29.4 Å². The van der Waals surface area contributed by atoms with Crippen molar-refractivity contribution in [2.24, 2.45) is 0 Å². The van der Waals surface area contributed by atoms with Crippen molar-refractivity contribution in [2.75, 3.05) is 13.1 Å². The van der Waals surface area contributed by atoms with Gasteiger partial charge in [0.2, 0.25) is 0 Å². The Kier molecular flexibility index (Phi) is 3.18. The van der Waals surface area contributed by atoms with Gasteiger partial charge in [-0.25, -0.2) is 4.98 Å². The number of carbonyl (C=O) groups is 1. The molecule has 1 aromatic carbocycles. The molecule has 0 saturated carbocycles. The summed E-state index contributed by atoms with van der Waals surface area (Å²) in [7, 11) is 0. The van der Waals surface area contributed by atoms with E-state index in [-0.39, 0.29) is 5.91 Å². The number of hydrogen-bond donors (Lipinski definition) is 0. The molecule has 5 nitrogen and oxygen atoms in total. The minimum atomic E-state index is -0.0149. The second kappa shape index (κ2) is 5.33. The maximum Gasteiger partial charge on any atom is 0.289 e. The summed E-state index contributed by atoms with van der Waals surface area (Å²) in [5.74, 6) is 0.408. The van der Waals surface area contributed by atoms with Crippen molar-refractivity contribution in [3.63, 3.8) is 0 Å². The number of piperidine rings is 1. The van der Waals surface area contributed by atoms with Gasteiger partial charge in [0.25, 0.3) is 5.91 Å². The van der Waals surface area contributed by atoms with Gasteiger partial charge < -0.3 is 13.9 Å². The second-order valence-electron chi connectivity index (χ2n) is 5.64. The van der Waals surface area contributed by atoms with Gasteiger partial charge in [-0.05, 0) is 37.1 Å². The fourth-order valence-electron chi connectivity index (χ4n) is 3.17. The minimum absolute atomic E-state index is 0.0149. The number of furan rings is 1. The van der Waals surface area contributed by atoms with Gasteiger partial charge in [-0.3, -0.25) is 4.79 Å². The molecule has 5 heteroatoms. The summed E-state index contributed by atoms with van der Waals surface area (Å²) in [5, 5.41) is 0. The molecule has 22 heavy (non-hydrogen) atoms. The lowest BCUT2D eigenvalue weighted by molar-refractivity contribution is 0.0664. The van der Waals surface area contributed by atoms with Gasteiger partial charge in [0.15, 0.2) is 5.76 Å². The van der Waals surface area contributed by atoms with Crippen molar-refractivity contribution in [3.8, 4) is 0 Å². The Hall–Kier alpha value is -2.56. The van der Waals surface area contributed by atoms with Crippen LogP contribution in [-0.2, 0) is 0 Å². The van der Waals surface area contributed by atoms with Gasteiger partial charge in [0.1, 0.15) is 0 Å². The molecule has 0 atom stereocenters. The fourth-order valence-corrected chi connectivity index (χ4v) is 3.17. The third-order valence-corrected chi connectivity index (χ3v) is 4.36. The van der Waals surface area contributed by atoms with E-state index in [1.807, 2.05) is 29.4 Å². The van der Waals surface area contributed by atoms with Crippen LogP contribution >= 0.6 is 0 Å². The summed E-state index contributed by atoms with van der Waals surface area (Å²) in [6, 6.07) is 12.0. The predicted molar refractivity (Wildman–Crippen MR) is 82.6 cm³/mol. The molecule has 0 bridgehead atoms. The van der Waals surface area contributed by atoms with Gasteiger partial charge in [0, 0.05) is 19.1 Å². The molecule has 0 unspecified atom stereocenters. The molecule has 1 amide bonds. The van der Waals surface area contributed by atoms with Crippen molar-refractivity contribution in [1.29, 1.82) is 0 Å². The molecule has 0 aliphatic carbocycles. The molecule has 4 rings (SSSR count). The monoisotopic (exact) mass is 295 g/mol. The first-order valence-electron chi connectivity index (χ1n) is 7.57. The summed E-state index contributed by atoms with van der Waals surface area (Å²) >= 11 is 0. The van der Waals surface area contributed by atoms with Gasteiger partial charge in [0.05, 0.1) is 23.6 Å². The highest BCUT2D eigenvalue weighted by Crippen LogP contribution is 2.27. The molecular weight excluding hydrogens is 278 g/mol. The van der Waals surface area contributed by atoms with Crippen molar-refractivity contribution in [1.82, 2.24) is 14.5 Å². The van der Waals surface area contributed by atoms with Gasteiger partial charge >= 0.3 is 0 Å². The number of amides is 1. The molecule has 0 radical (unpaired) electrons. The quantitative estimate of drug-likeness (QED) is 0.730. The van der Waals surface area contributed by atoms with E-state index < -0.39 is 0 Å². The Bertz CT molecular complexity index is 783. The van der Waals surface area contributed by atoms with Gasteiger partial charge in [-0.1, -0.05) is 12.1 Å². The van der Waals surface area contributed by atoms with Crippen LogP contribution in [0.4, 0.5) is 0 Å². The molecule has 0 spiro atoms. The fraction of sp³-hybridized carbons (Fsp3) is 0.294. The number of likely N-dealkylation sites (tertiary alicyclic amines) is 1. The van der Waals surface area contributed by atoms with E-state index in [0.717, 1.165) is 31.4 Å². The zero-order valence-corrected chi connectivity index (χ0v) is 12.2.